The molecule has 1 aliphatic rings. The molecule has 0 aliphatic carbocycles. The minimum atomic E-state index is -0.751. The molecular formula is C29H32N2O7. The van der Waals surface area contributed by atoms with E-state index in [0.29, 0.717) is 37.1 Å². The van der Waals surface area contributed by atoms with Crippen molar-refractivity contribution in [2.24, 2.45) is 5.10 Å². The molecule has 0 aromatic heterocycles. The third-order valence-electron chi connectivity index (χ3n) is 5.72. The summed E-state index contributed by atoms with van der Waals surface area (Å²) in [5, 5.41) is 14.4. The van der Waals surface area contributed by atoms with Crippen LogP contribution >= 0.6 is 0 Å². The summed E-state index contributed by atoms with van der Waals surface area (Å²) in [6.07, 6.45) is 1.19. The van der Waals surface area contributed by atoms with Crippen LogP contribution in [0.5, 0.6) is 28.7 Å². The first-order chi connectivity index (χ1) is 18.6. The molecule has 0 fully saturated rings. The number of aliphatic hydroxyl groups is 1. The van der Waals surface area contributed by atoms with Crippen LogP contribution in [0.25, 0.3) is 0 Å². The van der Waals surface area contributed by atoms with Crippen molar-refractivity contribution in [1.82, 2.24) is 5.43 Å². The van der Waals surface area contributed by atoms with E-state index in [4.69, 9.17) is 23.7 Å². The van der Waals surface area contributed by atoms with E-state index in [1.54, 1.807) is 36.4 Å². The van der Waals surface area contributed by atoms with Crippen LogP contribution in [-0.2, 0) is 11.4 Å². The van der Waals surface area contributed by atoms with Gasteiger partial charge in [0.2, 0.25) is 12.7 Å². The molecule has 0 bridgehead atoms. The van der Waals surface area contributed by atoms with Gasteiger partial charge in [0.05, 0.1) is 25.5 Å². The summed E-state index contributed by atoms with van der Waals surface area (Å²) < 4.78 is 27.9. The molecule has 0 unspecified atom stereocenters. The fraction of sp³-hybridized carbons (Fsp3) is 0.310. The first kappa shape index (κ1) is 26.8. The van der Waals surface area contributed by atoms with Crippen LogP contribution in [0.15, 0.2) is 65.8 Å². The fourth-order valence-corrected chi connectivity index (χ4v) is 3.81. The number of aliphatic hydroxyl groups excluding tert-OH is 1. The summed E-state index contributed by atoms with van der Waals surface area (Å²) in [6.45, 7) is 5.41. The molecule has 9 nitrogen and oxygen atoms in total. The predicted molar refractivity (Wildman–Crippen MR) is 142 cm³/mol. The van der Waals surface area contributed by atoms with Crippen molar-refractivity contribution in [1.29, 1.82) is 0 Å². The maximum atomic E-state index is 12.2. The summed E-state index contributed by atoms with van der Waals surface area (Å²) >= 11 is 0. The van der Waals surface area contributed by atoms with E-state index in [-0.39, 0.29) is 25.5 Å². The number of benzene rings is 3. The Morgan fingerprint density at radius 3 is 2.55 bits per heavy atom. The zero-order valence-electron chi connectivity index (χ0n) is 21.5. The van der Waals surface area contributed by atoms with Gasteiger partial charge in [-0.1, -0.05) is 18.2 Å². The third-order valence-corrected chi connectivity index (χ3v) is 5.72. The Kier molecular flexibility index (Phi) is 9.42. The zero-order valence-corrected chi connectivity index (χ0v) is 21.5. The SMILES string of the molecule is CCOc1ccc([C@@H](O)CCC(=O)N/N=C\c2ccc(OCc3ccc4c(c3)OCO4)c(OCC)c2)cc1. The van der Waals surface area contributed by atoms with Gasteiger partial charge in [-0.25, -0.2) is 5.43 Å². The molecule has 1 amide bonds. The molecule has 38 heavy (non-hydrogen) atoms. The molecule has 200 valence electrons. The monoisotopic (exact) mass is 520 g/mol. The number of nitrogens with zero attached hydrogens (tertiary/aromatic N) is 1. The molecule has 3 aromatic carbocycles. The molecule has 0 saturated carbocycles. The average molecular weight is 521 g/mol. The molecule has 0 spiro atoms. The highest BCUT2D eigenvalue weighted by Gasteiger charge is 2.14. The summed E-state index contributed by atoms with van der Waals surface area (Å²) in [4.78, 5) is 12.2. The number of ether oxygens (including phenoxy) is 5. The van der Waals surface area contributed by atoms with Crippen molar-refractivity contribution in [3.63, 3.8) is 0 Å². The summed E-state index contributed by atoms with van der Waals surface area (Å²) in [7, 11) is 0. The van der Waals surface area contributed by atoms with Gasteiger partial charge < -0.3 is 28.8 Å². The Bertz CT molecular complexity index is 1240. The number of carbonyl (C=O) groups is 1. The van der Waals surface area contributed by atoms with Crippen molar-refractivity contribution in [3.8, 4) is 28.7 Å². The smallest absolute Gasteiger partial charge is 0.240 e. The minimum Gasteiger partial charge on any atom is -0.494 e. The molecule has 0 saturated heterocycles. The number of rotatable bonds is 13. The van der Waals surface area contributed by atoms with E-state index in [0.717, 1.165) is 28.2 Å². The first-order valence-corrected chi connectivity index (χ1v) is 12.6. The Morgan fingerprint density at radius 2 is 1.76 bits per heavy atom. The number of nitrogens with one attached hydrogen (secondary N) is 1. The molecule has 9 heteroatoms. The van der Waals surface area contributed by atoms with Gasteiger partial charge in [0.15, 0.2) is 23.0 Å². The van der Waals surface area contributed by atoms with Gasteiger partial charge in [0, 0.05) is 6.42 Å². The van der Waals surface area contributed by atoms with Crippen LogP contribution in [0.2, 0.25) is 0 Å². The van der Waals surface area contributed by atoms with Gasteiger partial charge in [0.1, 0.15) is 12.4 Å². The van der Waals surface area contributed by atoms with Gasteiger partial charge in [-0.2, -0.15) is 5.10 Å². The highest BCUT2D eigenvalue weighted by atomic mass is 16.7. The normalized spacial score (nSPS) is 12.8. The van der Waals surface area contributed by atoms with E-state index in [2.05, 4.69) is 10.5 Å². The second kappa shape index (κ2) is 13.3. The molecule has 3 aromatic rings. The highest BCUT2D eigenvalue weighted by molar-refractivity contribution is 5.83. The molecule has 0 radical (unpaired) electrons. The van der Waals surface area contributed by atoms with Gasteiger partial charge in [-0.05, 0) is 79.4 Å². The highest BCUT2D eigenvalue weighted by Crippen LogP contribution is 2.34. The maximum Gasteiger partial charge on any atom is 0.240 e. The maximum absolute atomic E-state index is 12.2. The lowest BCUT2D eigenvalue weighted by Crippen LogP contribution is -2.18. The van der Waals surface area contributed by atoms with Crippen molar-refractivity contribution < 1.29 is 33.6 Å². The third kappa shape index (κ3) is 7.39. The molecule has 4 rings (SSSR count). The Labute approximate surface area is 221 Å². The summed E-state index contributed by atoms with van der Waals surface area (Å²) in [6, 6.07) is 18.3. The van der Waals surface area contributed by atoms with E-state index in [9.17, 15) is 9.90 Å². The van der Waals surface area contributed by atoms with Gasteiger partial charge >= 0.3 is 0 Å². The fourth-order valence-electron chi connectivity index (χ4n) is 3.81. The van der Waals surface area contributed by atoms with Gasteiger partial charge in [0.25, 0.3) is 0 Å². The number of amides is 1. The zero-order chi connectivity index (χ0) is 26.7. The standard InChI is InChI=1S/C29H32N2O7/c1-3-34-23-9-7-22(8-10-23)24(32)11-14-29(33)31-30-17-20-5-12-25(27(15-20)35-4-2)36-18-21-6-13-26-28(16-21)38-19-37-26/h5-10,12-13,15-17,24,32H,3-4,11,14,18-19H2,1-2H3,(H,31,33)/b30-17-/t24-/m0/s1. The van der Waals surface area contributed by atoms with Gasteiger partial charge in [-0.3, -0.25) is 4.79 Å². The summed E-state index contributed by atoms with van der Waals surface area (Å²) in [5.41, 5.74) is 4.91. The van der Waals surface area contributed by atoms with Crippen LogP contribution in [0.1, 0.15) is 49.5 Å². The van der Waals surface area contributed by atoms with Crippen LogP contribution < -0.4 is 29.1 Å². The number of hydrogen-bond acceptors (Lipinski definition) is 8. The molecule has 1 heterocycles. The molecule has 2 N–H and O–H groups in total. The lowest BCUT2D eigenvalue weighted by Gasteiger charge is -2.13. The Morgan fingerprint density at radius 1 is 0.974 bits per heavy atom. The van der Waals surface area contributed by atoms with Crippen molar-refractivity contribution in [3.05, 3.63) is 77.4 Å². The lowest BCUT2D eigenvalue weighted by atomic mass is 10.0. The van der Waals surface area contributed by atoms with E-state index < -0.39 is 6.10 Å². The molecule has 1 atom stereocenters. The molecule has 1 aliphatic heterocycles. The lowest BCUT2D eigenvalue weighted by molar-refractivity contribution is -0.121. The van der Waals surface area contributed by atoms with Crippen molar-refractivity contribution in [2.45, 2.75) is 39.4 Å². The second-order valence-electron chi connectivity index (χ2n) is 8.47. The number of carbonyl (C=O) groups excluding carboxylic acids is 1. The topological polar surface area (TPSA) is 108 Å². The number of hydrazone groups is 1. The number of fused-ring (bicyclic) bond motifs is 1. The van der Waals surface area contributed by atoms with Gasteiger partial charge in [-0.15, -0.1) is 0 Å². The Balaban J connectivity index is 1.27. The van der Waals surface area contributed by atoms with Crippen LogP contribution in [0.4, 0.5) is 0 Å². The van der Waals surface area contributed by atoms with Crippen molar-refractivity contribution in [2.75, 3.05) is 20.0 Å². The van der Waals surface area contributed by atoms with Crippen LogP contribution in [-0.4, -0.2) is 37.2 Å². The predicted octanol–water partition coefficient (Wildman–Crippen LogP) is 4.76. The van der Waals surface area contributed by atoms with E-state index in [1.807, 2.05) is 38.1 Å². The van der Waals surface area contributed by atoms with E-state index in [1.165, 1.54) is 6.21 Å². The summed E-state index contributed by atoms with van der Waals surface area (Å²) in [5.74, 6) is 3.04. The van der Waals surface area contributed by atoms with Crippen molar-refractivity contribution >= 4 is 12.1 Å². The van der Waals surface area contributed by atoms with Crippen LogP contribution in [0.3, 0.4) is 0 Å². The quantitative estimate of drug-likeness (QED) is 0.247. The largest absolute Gasteiger partial charge is 0.494 e. The Hall–Kier alpha value is -4.24. The van der Waals surface area contributed by atoms with E-state index >= 15 is 0 Å². The minimum absolute atomic E-state index is 0.128. The van der Waals surface area contributed by atoms with Crippen LogP contribution in [0, 0.1) is 0 Å². The molecular weight excluding hydrogens is 488 g/mol. The first-order valence-electron chi connectivity index (χ1n) is 12.6. The second-order valence-corrected chi connectivity index (χ2v) is 8.47. The average Bonchev–Trinajstić information content (AvgIpc) is 3.40. The number of hydrogen-bond donors (Lipinski definition) is 2.